The fourth-order valence-electron chi connectivity index (χ4n) is 3.91. The van der Waals surface area contributed by atoms with Crippen molar-refractivity contribution in [3.05, 3.63) is 21.8 Å². The molecular formula is C16H21BrN4O. The molecule has 1 N–H and O–H groups in total. The maximum absolute atomic E-state index is 12.1. The number of fused-ring (bicyclic) bond motifs is 1. The number of hydrogen-bond donors (Lipinski definition) is 1. The van der Waals surface area contributed by atoms with E-state index in [-0.39, 0.29) is 5.91 Å². The van der Waals surface area contributed by atoms with Gasteiger partial charge in [-0.2, -0.15) is 0 Å². The van der Waals surface area contributed by atoms with Gasteiger partial charge in [-0.05, 0) is 60.7 Å². The molecule has 4 heterocycles. The summed E-state index contributed by atoms with van der Waals surface area (Å²) in [6.45, 7) is 5.13. The van der Waals surface area contributed by atoms with Crippen LogP contribution in [0, 0.1) is 11.8 Å². The molecule has 0 bridgehead atoms. The van der Waals surface area contributed by atoms with Crippen molar-refractivity contribution in [3.8, 4) is 0 Å². The quantitative estimate of drug-likeness (QED) is 0.869. The zero-order valence-corrected chi connectivity index (χ0v) is 14.4. The number of carbonyl (C=O) groups excluding carboxylic acids is 1. The highest BCUT2D eigenvalue weighted by atomic mass is 79.9. The molecule has 2 saturated heterocycles. The van der Waals surface area contributed by atoms with Crippen LogP contribution in [-0.2, 0) is 6.54 Å². The minimum atomic E-state index is 0.0153. The van der Waals surface area contributed by atoms with Gasteiger partial charge in [0.2, 0.25) is 0 Å². The Morgan fingerprint density at radius 3 is 2.73 bits per heavy atom. The molecule has 6 heteroatoms. The number of halogens is 1. The van der Waals surface area contributed by atoms with Gasteiger partial charge in [-0.25, -0.2) is 4.98 Å². The highest BCUT2D eigenvalue weighted by Gasteiger charge is 2.38. The molecule has 3 aliphatic rings. The molecule has 118 valence electrons. The van der Waals surface area contributed by atoms with Crippen molar-refractivity contribution in [1.29, 1.82) is 0 Å². The molecular weight excluding hydrogens is 344 g/mol. The summed E-state index contributed by atoms with van der Waals surface area (Å²) < 4.78 is 0.928. The summed E-state index contributed by atoms with van der Waals surface area (Å²) in [5, 5.41) is 2.91. The Labute approximate surface area is 139 Å². The first-order valence-electron chi connectivity index (χ1n) is 8.02. The molecule has 0 saturated carbocycles. The van der Waals surface area contributed by atoms with Crippen LogP contribution in [0.3, 0.4) is 0 Å². The van der Waals surface area contributed by atoms with E-state index >= 15 is 0 Å². The first-order valence-corrected chi connectivity index (χ1v) is 8.82. The normalized spacial score (nSPS) is 23.4. The minimum Gasteiger partial charge on any atom is -0.355 e. The SMILES string of the molecule is CN1CCC(C2CN(c3ncc(Br)c4c3C(=O)NC4)C2)CC1. The van der Waals surface area contributed by atoms with E-state index in [1.54, 1.807) is 0 Å². The summed E-state index contributed by atoms with van der Waals surface area (Å²) in [5.41, 5.74) is 1.83. The molecule has 0 radical (unpaired) electrons. The Bertz CT molecular complexity index is 606. The van der Waals surface area contributed by atoms with Crippen molar-refractivity contribution in [2.24, 2.45) is 11.8 Å². The summed E-state index contributed by atoms with van der Waals surface area (Å²) in [6, 6.07) is 0. The van der Waals surface area contributed by atoms with Crippen LogP contribution in [0.1, 0.15) is 28.8 Å². The van der Waals surface area contributed by atoms with E-state index in [1.165, 1.54) is 25.9 Å². The second-order valence-electron chi connectivity index (χ2n) is 6.77. The number of carbonyl (C=O) groups is 1. The van der Waals surface area contributed by atoms with Crippen LogP contribution >= 0.6 is 15.9 Å². The summed E-state index contributed by atoms with van der Waals surface area (Å²) in [4.78, 5) is 21.3. The Hall–Kier alpha value is -1.14. The van der Waals surface area contributed by atoms with Crippen LogP contribution in [0.25, 0.3) is 0 Å². The number of aromatic nitrogens is 1. The van der Waals surface area contributed by atoms with Crippen molar-refractivity contribution < 1.29 is 4.79 Å². The van der Waals surface area contributed by atoms with Crippen molar-refractivity contribution in [2.45, 2.75) is 19.4 Å². The lowest BCUT2D eigenvalue weighted by Gasteiger charge is -2.46. The number of pyridine rings is 1. The van der Waals surface area contributed by atoms with Gasteiger partial charge in [0.1, 0.15) is 5.82 Å². The summed E-state index contributed by atoms with van der Waals surface area (Å²) in [5.74, 6) is 2.49. The fraction of sp³-hybridized carbons (Fsp3) is 0.625. The van der Waals surface area contributed by atoms with Crippen LogP contribution in [0.15, 0.2) is 10.7 Å². The van der Waals surface area contributed by atoms with Gasteiger partial charge in [0.05, 0.1) is 5.56 Å². The molecule has 22 heavy (non-hydrogen) atoms. The molecule has 0 atom stereocenters. The third-order valence-corrected chi connectivity index (χ3v) is 6.09. The average Bonchev–Trinajstić information content (AvgIpc) is 2.85. The van der Waals surface area contributed by atoms with Gasteiger partial charge < -0.3 is 15.1 Å². The fourth-order valence-corrected chi connectivity index (χ4v) is 4.35. The smallest absolute Gasteiger partial charge is 0.255 e. The van der Waals surface area contributed by atoms with Crippen molar-refractivity contribution in [1.82, 2.24) is 15.2 Å². The molecule has 0 spiro atoms. The topological polar surface area (TPSA) is 48.5 Å². The van der Waals surface area contributed by atoms with Gasteiger partial charge >= 0.3 is 0 Å². The highest BCUT2D eigenvalue weighted by molar-refractivity contribution is 9.10. The van der Waals surface area contributed by atoms with Gasteiger partial charge in [-0.3, -0.25) is 4.79 Å². The molecule has 0 unspecified atom stereocenters. The Morgan fingerprint density at radius 2 is 2.00 bits per heavy atom. The van der Waals surface area contributed by atoms with Crippen LogP contribution in [0.2, 0.25) is 0 Å². The number of nitrogens with zero attached hydrogens (tertiary/aromatic N) is 3. The van der Waals surface area contributed by atoms with Gasteiger partial charge in [0, 0.05) is 35.9 Å². The zero-order chi connectivity index (χ0) is 15.3. The van der Waals surface area contributed by atoms with Crippen LogP contribution in [-0.4, -0.2) is 49.0 Å². The lowest BCUT2D eigenvalue weighted by molar-refractivity contribution is 0.0965. The second-order valence-corrected chi connectivity index (χ2v) is 7.63. The number of nitrogens with one attached hydrogen (secondary N) is 1. The third-order valence-electron chi connectivity index (χ3n) is 5.41. The number of hydrogen-bond acceptors (Lipinski definition) is 4. The Balaban J connectivity index is 1.48. The first-order chi connectivity index (χ1) is 10.6. The highest BCUT2D eigenvalue weighted by Crippen LogP contribution is 2.37. The summed E-state index contributed by atoms with van der Waals surface area (Å²) >= 11 is 3.50. The maximum Gasteiger partial charge on any atom is 0.255 e. The van der Waals surface area contributed by atoms with Gasteiger partial charge in [0.25, 0.3) is 5.91 Å². The molecule has 3 aliphatic heterocycles. The standard InChI is InChI=1S/C16H21BrN4O/c1-20-4-2-10(3-5-20)11-8-21(9-11)15-14-12(6-19-16(14)22)13(17)7-18-15/h7,10-11H,2-6,8-9H2,1H3,(H,19,22). The molecule has 5 nitrogen and oxygen atoms in total. The van der Waals surface area contributed by atoms with Crippen molar-refractivity contribution in [2.75, 3.05) is 38.1 Å². The van der Waals surface area contributed by atoms with E-state index < -0.39 is 0 Å². The predicted molar refractivity (Wildman–Crippen MR) is 89.0 cm³/mol. The van der Waals surface area contributed by atoms with E-state index in [9.17, 15) is 4.79 Å². The third kappa shape index (κ3) is 2.33. The molecule has 1 amide bonds. The first kappa shape index (κ1) is 14.5. The van der Waals surface area contributed by atoms with Crippen molar-refractivity contribution in [3.63, 3.8) is 0 Å². The maximum atomic E-state index is 12.1. The molecule has 0 aromatic carbocycles. The number of amides is 1. The van der Waals surface area contributed by atoms with Gasteiger partial charge in [-0.1, -0.05) is 0 Å². The number of likely N-dealkylation sites (tertiary alicyclic amines) is 1. The Morgan fingerprint density at radius 1 is 1.27 bits per heavy atom. The van der Waals surface area contributed by atoms with Crippen LogP contribution in [0.4, 0.5) is 5.82 Å². The zero-order valence-electron chi connectivity index (χ0n) is 12.8. The Kier molecular flexibility index (Phi) is 3.61. The number of piperidine rings is 1. The molecule has 4 rings (SSSR count). The largest absolute Gasteiger partial charge is 0.355 e. The number of rotatable bonds is 2. The van der Waals surface area contributed by atoms with Crippen molar-refractivity contribution >= 4 is 27.7 Å². The number of anilines is 1. The molecule has 2 fully saturated rings. The lowest BCUT2D eigenvalue weighted by Crippen LogP contribution is -2.52. The van der Waals surface area contributed by atoms with Gasteiger partial charge in [0.15, 0.2) is 0 Å². The molecule has 0 aliphatic carbocycles. The van der Waals surface area contributed by atoms with E-state index in [4.69, 9.17) is 0 Å². The lowest BCUT2D eigenvalue weighted by atomic mass is 9.79. The summed E-state index contributed by atoms with van der Waals surface area (Å²) in [6.07, 6.45) is 4.44. The molecule has 1 aromatic rings. The average molecular weight is 365 g/mol. The van der Waals surface area contributed by atoms with E-state index in [0.29, 0.717) is 6.54 Å². The second kappa shape index (κ2) is 5.49. The monoisotopic (exact) mass is 364 g/mol. The summed E-state index contributed by atoms with van der Waals surface area (Å²) in [7, 11) is 2.21. The predicted octanol–water partition coefficient (Wildman–Crippen LogP) is 1.87. The minimum absolute atomic E-state index is 0.0153. The van der Waals surface area contributed by atoms with Crippen LogP contribution in [0.5, 0.6) is 0 Å². The molecule has 1 aromatic heterocycles. The van der Waals surface area contributed by atoms with E-state index in [2.05, 4.69) is 43.1 Å². The van der Waals surface area contributed by atoms with E-state index in [1.807, 2.05) is 6.20 Å². The van der Waals surface area contributed by atoms with Gasteiger partial charge in [-0.15, -0.1) is 0 Å². The van der Waals surface area contributed by atoms with E-state index in [0.717, 1.165) is 46.3 Å². The van der Waals surface area contributed by atoms with Crippen LogP contribution < -0.4 is 10.2 Å².